The molecule has 8 nitrogen and oxygen atoms in total. The molecule has 0 atom stereocenters. The quantitative estimate of drug-likeness (QED) is 0.381. The van der Waals surface area contributed by atoms with Crippen LogP contribution >= 0.6 is 11.3 Å². The maximum absolute atomic E-state index is 12.4. The second-order valence-corrected chi connectivity index (χ2v) is 7.11. The van der Waals surface area contributed by atoms with Gasteiger partial charge < -0.3 is 10.1 Å². The lowest BCUT2D eigenvalue weighted by molar-refractivity contribution is -0.384. The number of ether oxygens (including phenoxy) is 1. The number of nitrogens with zero attached hydrogens (tertiary/aromatic N) is 3. The van der Waals surface area contributed by atoms with E-state index in [1.54, 1.807) is 13.2 Å². The number of anilines is 1. The summed E-state index contributed by atoms with van der Waals surface area (Å²) < 4.78 is 7.14. The van der Waals surface area contributed by atoms with Crippen LogP contribution in [0.25, 0.3) is 16.2 Å². The monoisotopic (exact) mass is 408 g/mol. The number of nitrogens with one attached hydrogen (secondary N) is 1. The fourth-order valence-electron chi connectivity index (χ4n) is 2.94. The van der Waals surface area contributed by atoms with E-state index in [4.69, 9.17) is 4.74 Å². The molecule has 9 heteroatoms. The molecule has 0 saturated heterocycles. The van der Waals surface area contributed by atoms with Crippen molar-refractivity contribution in [3.8, 4) is 17.0 Å². The van der Waals surface area contributed by atoms with Crippen LogP contribution in [0.1, 0.15) is 5.69 Å². The zero-order valence-corrected chi connectivity index (χ0v) is 16.2. The first-order valence-corrected chi connectivity index (χ1v) is 9.55. The highest BCUT2D eigenvalue weighted by Gasteiger charge is 2.14. The maximum Gasteiger partial charge on any atom is 0.271 e. The molecule has 29 heavy (non-hydrogen) atoms. The molecule has 2 aromatic heterocycles. The van der Waals surface area contributed by atoms with E-state index in [1.165, 1.54) is 29.5 Å². The Labute approximate surface area is 169 Å². The fourth-order valence-corrected chi connectivity index (χ4v) is 3.82. The summed E-state index contributed by atoms with van der Waals surface area (Å²) in [6, 6.07) is 13.5. The molecule has 0 bridgehead atoms. The molecule has 0 fully saturated rings. The van der Waals surface area contributed by atoms with Crippen molar-refractivity contribution in [3.05, 3.63) is 75.9 Å². The van der Waals surface area contributed by atoms with Gasteiger partial charge in [-0.1, -0.05) is 18.2 Å². The third-order valence-corrected chi connectivity index (χ3v) is 5.22. The van der Waals surface area contributed by atoms with Gasteiger partial charge in [-0.3, -0.25) is 19.3 Å². The first kappa shape index (κ1) is 18.6. The molecule has 4 aromatic rings. The Morgan fingerprint density at radius 2 is 2.10 bits per heavy atom. The second-order valence-electron chi connectivity index (χ2n) is 6.27. The number of fused-ring (bicyclic) bond motifs is 1. The third-order valence-electron chi connectivity index (χ3n) is 4.33. The standard InChI is InChI=1S/C20H16N4O4S/c1-28-17-7-2-4-13(8-17)18-11-23-16(12-29-20(23)22-18)10-19(25)21-14-5-3-6-15(9-14)24(26)27/h2-9,11-12H,10H2,1H3,(H,21,25). The van der Waals surface area contributed by atoms with Gasteiger partial charge in [-0.25, -0.2) is 4.98 Å². The van der Waals surface area contributed by atoms with Crippen LogP contribution in [0.15, 0.2) is 60.1 Å². The molecule has 1 amide bonds. The zero-order valence-electron chi connectivity index (χ0n) is 15.4. The van der Waals surface area contributed by atoms with Crippen LogP contribution in [0.2, 0.25) is 0 Å². The third kappa shape index (κ3) is 3.94. The summed E-state index contributed by atoms with van der Waals surface area (Å²) in [4.78, 5) is 28.2. The predicted octanol–water partition coefficient (Wildman–Crippen LogP) is 4.16. The van der Waals surface area contributed by atoms with Crippen LogP contribution in [0.3, 0.4) is 0 Å². The zero-order chi connectivity index (χ0) is 20.4. The first-order valence-electron chi connectivity index (χ1n) is 8.67. The minimum atomic E-state index is -0.496. The van der Waals surface area contributed by atoms with E-state index in [2.05, 4.69) is 10.3 Å². The van der Waals surface area contributed by atoms with Crippen molar-refractivity contribution in [1.82, 2.24) is 9.38 Å². The molecule has 2 aromatic carbocycles. The molecule has 0 saturated carbocycles. The van der Waals surface area contributed by atoms with E-state index in [0.29, 0.717) is 5.69 Å². The van der Waals surface area contributed by atoms with Crippen molar-refractivity contribution >= 4 is 33.6 Å². The highest BCUT2D eigenvalue weighted by atomic mass is 32.1. The maximum atomic E-state index is 12.4. The molecule has 0 spiro atoms. The van der Waals surface area contributed by atoms with Crippen molar-refractivity contribution in [2.75, 3.05) is 12.4 Å². The number of carbonyl (C=O) groups is 1. The van der Waals surface area contributed by atoms with Gasteiger partial charge in [0.05, 0.1) is 24.1 Å². The summed E-state index contributed by atoms with van der Waals surface area (Å²) in [5.41, 5.74) is 2.81. The minimum absolute atomic E-state index is 0.0711. The Bertz CT molecular complexity index is 1210. The number of thiazole rings is 1. The highest BCUT2D eigenvalue weighted by Crippen LogP contribution is 2.26. The fraction of sp³-hybridized carbons (Fsp3) is 0.100. The van der Waals surface area contributed by atoms with E-state index < -0.39 is 4.92 Å². The Morgan fingerprint density at radius 3 is 2.90 bits per heavy atom. The van der Waals surface area contributed by atoms with Crippen LogP contribution < -0.4 is 10.1 Å². The van der Waals surface area contributed by atoms with Gasteiger partial charge in [0, 0.05) is 40.7 Å². The van der Waals surface area contributed by atoms with Gasteiger partial charge in [0.2, 0.25) is 5.91 Å². The largest absolute Gasteiger partial charge is 0.497 e. The van der Waals surface area contributed by atoms with Crippen LogP contribution in [-0.2, 0) is 11.2 Å². The smallest absolute Gasteiger partial charge is 0.271 e. The second kappa shape index (κ2) is 7.72. The van der Waals surface area contributed by atoms with Crippen LogP contribution in [0, 0.1) is 10.1 Å². The van der Waals surface area contributed by atoms with E-state index in [9.17, 15) is 14.9 Å². The van der Waals surface area contributed by atoms with E-state index >= 15 is 0 Å². The summed E-state index contributed by atoms with van der Waals surface area (Å²) in [5.74, 6) is 0.484. The van der Waals surface area contributed by atoms with Gasteiger partial charge >= 0.3 is 0 Å². The summed E-state index contributed by atoms with van der Waals surface area (Å²) in [6.45, 7) is 0. The Kier molecular flexibility index (Phi) is 4.96. The molecule has 0 radical (unpaired) electrons. The molecule has 0 aliphatic heterocycles. The summed E-state index contributed by atoms with van der Waals surface area (Å²) in [6.07, 6.45) is 2.01. The van der Waals surface area contributed by atoms with Crippen LogP contribution in [0.4, 0.5) is 11.4 Å². The molecule has 146 valence electrons. The lowest BCUT2D eigenvalue weighted by Crippen LogP contribution is -2.15. The molecule has 4 rings (SSSR count). The minimum Gasteiger partial charge on any atom is -0.497 e. The van der Waals surface area contributed by atoms with Crippen LogP contribution in [0.5, 0.6) is 5.75 Å². The molecule has 0 unspecified atom stereocenters. The van der Waals surface area contributed by atoms with Crippen molar-refractivity contribution in [3.63, 3.8) is 0 Å². The van der Waals surface area contributed by atoms with Crippen molar-refractivity contribution in [2.45, 2.75) is 6.42 Å². The topological polar surface area (TPSA) is 98.8 Å². The molecule has 0 aliphatic carbocycles. The summed E-state index contributed by atoms with van der Waals surface area (Å²) in [5, 5.41) is 15.5. The lowest BCUT2D eigenvalue weighted by Gasteiger charge is -2.05. The van der Waals surface area contributed by atoms with Crippen LogP contribution in [-0.4, -0.2) is 27.3 Å². The molecular formula is C20H16N4O4S. The lowest BCUT2D eigenvalue weighted by atomic mass is 10.1. The first-order chi connectivity index (χ1) is 14.0. The van der Waals surface area contributed by atoms with E-state index in [-0.39, 0.29) is 18.0 Å². The normalized spacial score (nSPS) is 10.8. The number of nitro groups is 1. The van der Waals surface area contributed by atoms with E-state index in [1.807, 2.05) is 40.2 Å². The number of carbonyl (C=O) groups excluding carboxylic acids is 1. The molecule has 1 N–H and O–H groups in total. The van der Waals surface area contributed by atoms with Gasteiger partial charge in [-0.05, 0) is 18.2 Å². The summed E-state index contributed by atoms with van der Waals surface area (Å²) >= 11 is 1.45. The van der Waals surface area contributed by atoms with Gasteiger partial charge in [-0.2, -0.15) is 0 Å². The Balaban J connectivity index is 1.54. The number of rotatable bonds is 6. The number of methoxy groups -OCH3 is 1. The average molecular weight is 408 g/mol. The van der Waals surface area contributed by atoms with Gasteiger partial charge in [0.25, 0.3) is 5.69 Å². The number of amides is 1. The molecule has 0 aliphatic rings. The van der Waals surface area contributed by atoms with Crippen molar-refractivity contribution in [1.29, 1.82) is 0 Å². The Hall–Kier alpha value is -3.72. The SMILES string of the molecule is COc1cccc(-c2cn3c(CC(=O)Nc4cccc([N+](=O)[O-])c4)csc3n2)c1. The number of hydrogen-bond acceptors (Lipinski definition) is 6. The van der Waals surface area contributed by atoms with Crippen molar-refractivity contribution in [2.24, 2.45) is 0 Å². The number of aromatic nitrogens is 2. The predicted molar refractivity (Wildman–Crippen MR) is 110 cm³/mol. The van der Waals surface area contributed by atoms with Gasteiger partial charge in [0.1, 0.15) is 5.75 Å². The number of benzene rings is 2. The molecular weight excluding hydrogens is 392 g/mol. The number of nitro benzene ring substituents is 1. The van der Waals surface area contributed by atoms with Gasteiger partial charge in [0.15, 0.2) is 4.96 Å². The van der Waals surface area contributed by atoms with E-state index in [0.717, 1.165) is 27.7 Å². The van der Waals surface area contributed by atoms with Gasteiger partial charge in [-0.15, -0.1) is 11.3 Å². The number of imidazole rings is 1. The number of non-ortho nitro benzene ring substituents is 1. The Morgan fingerprint density at radius 1 is 1.28 bits per heavy atom. The summed E-state index contributed by atoms with van der Waals surface area (Å²) in [7, 11) is 1.61. The average Bonchev–Trinajstić information content (AvgIpc) is 3.30. The van der Waals surface area contributed by atoms with Crippen molar-refractivity contribution < 1.29 is 14.5 Å². The number of hydrogen-bond donors (Lipinski definition) is 1. The highest BCUT2D eigenvalue weighted by molar-refractivity contribution is 7.15. The molecule has 2 heterocycles.